The number of nitrogens with one attached hydrogen (secondary N) is 1. The third kappa shape index (κ3) is 5.01. The molecule has 88 valence electrons. The lowest BCUT2D eigenvalue weighted by atomic mass is 9.81. The maximum absolute atomic E-state index is 11.3. The van der Waals surface area contributed by atoms with Crippen LogP contribution in [0.25, 0.3) is 0 Å². The molecule has 1 aliphatic carbocycles. The molecule has 0 aromatic heterocycles. The lowest BCUT2D eigenvalue weighted by Gasteiger charge is -2.26. The van der Waals surface area contributed by atoms with Crippen LogP contribution in [0.4, 0.5) is 0 Å². The third-order valence-electron chi connectivity index (χ3n) is 3.35. The van der Waals surface area contributed by atoms with Gasteiger partial charge < -0.3 is 5.32 Å². The molecule has 0 bridgehead atoms. The van der Waals surface area contributed by atoms with E-state index in [9.17, 15) is 4.79 Å². The summed E-state index contributed by atoms with van der Waals surface area (Å²) in [5, 5.41) is 2.95. The van der Waals surface area contributed by atoms with Gasteiger partial charge in [-0.1, -0.05) is 48.5 Å². The van der Waals surface area contributed by atoms with Gasteiger partial charge in [-0.2, -0.15) is 0 Å². The summed E-state index contributed by atoms with van der Waals surface area (Å²) < 4.78 is 0. The molecule has 1 unspecified atom stereocenters. The standard InChI is InChI=1S/C12H22BrNO/c1-9-3-5-11(6-4-9)7-8-14-12(15)10(2)13/h9-11H,3-8H2,1-2H3,(H,14,15). The maximum atomic E-state index is 11.3. The summed E-state index contributed by atoms with van der Waals surface area (Å²) >= 11 is 3.26. The molecule has 0 aromatic carbocycles. The molecule has 0 spiro atoms. The van der Waals surface area contributed by atoms with E-state index >= 15 is 0 Å². The minimum absolute atomic E-state index is 0.0659. The summed E-state index contributed by atoms with van der Waals surface area (Å²) in [6.45, 7) is 5.04. The number of hydrogen-bond donors (Lipinski definition) is 1. The highest BCUT2D eigenvalue weighted by molar-refractivity contribution is 9.10. The fourth-order valence-corrected chi connectivity index (χ4v) is 2.32. The SMILES string of the molecule is CC1CCC(CCNC(=O)C(C)Br)CC1. The van der Waals surface area contributed by atoms with E-state index in [1.807, 2.05) is 6.92 Å². The van der Waals surface area contributed by atoms with Crippen molar-refractivity contribution in [3.05, 3.63) is 0 Å². The van der Waals surface area contributed by atoms with Crippen molar-refractivity contribution in [2.75, 3.05) is 6.54 Å². The van der Waals surface area contributed by atoms with E-state index in [1.165, 1.54) is 25.7 Å². The minimum atomic E-state index is -0.0659. The summed E-state index contributed by atoms with van der Waals surface area (Å²) in [5.41, 5.74) is 0. The predicted octanol–water partition coefficient (Wildman–Crippen LogP) is 3.10. The lowest BCUT2D eigenvalue weighted by molar-refractivity contribution is -0.120. The topological polar surface area (TPSA) is 29.1 Å². The molecule has 0 aromatic rings. The normalized spacial score (nSPS) is 28.5. The van der Waals surface area contributed by atoms with Crippen molar-refractivity contribution >= 4 is 21.8 Å². The van der Waals surface area contributed by atoms with Gasteiger partial charge in [0.25, 0.3) is 0 Å². The average molecular weight is 276 g/mol. The van der Waals surface area contributed by atoms with Gasteiger partial charge in [0, 0.05) is 6.54 Å². The highest BCUT2D eigenvalue weighted by Gasteiger charge is 2.18. The zero-order valence-corrected chi connectivity index (χ0v) is 11.3. The van der Waals surface area contributed by atoms with E-state index < -0.39 is 0 Å². The fraction of sp³-hybridized carbons (Fsp3) is 0.917. The first-order valence-electron chi connectivity index (χ1n) is 6.01. The van der Waals surface area contributed by atoms with E-state index in [1.54, 1.807) is 0 Å². The number of rotatable bonds is 4. The van der Waals surface area contributed by atoms with Crippen LogP contribution in [0, 0.1) is 11.8 Å². The summed E-state index contributed by atoms with van der Waals surface area (Å²) in [4.78, 5) is 11.2. The van der Waals surface area contributed by atoms with Gasteiger partial charge >= 0.3 is 0 Å². The van der Waals surface area contributed by atoms with Gasteiger partial charge in [0.2, 0.25) is 5.91 Å². The van der Waals surface area contributed by atoms with Gasteiger partial charge in [-0.05, 0) is 25.2 Å². The molecule has 1 fully saturated rings. The monoisotopic (exact) mass is 275 g/mol. The molecule has 0 saturated heterocycles. The highest BCUT2D eigenvalue weighted by atomic mass is 79.9. The van der Waals surface area contributed by atoms with Crippen molar-refractivity contribution in [2.24, 2.45) is 11.8 Å². The van der Waals surface area contributed by atoms with Crippen molar-refractivity contribution in [3.63, 3.8) is 0 Å². The van der Waals surface area contributed by atoms with Gasteiger partial charge in [-0.15, -0.1) is 0 Å². The number of carbonyl (C=O) groups is 1. The number of alkyl halides is 1. The van der Waals surface area contributed by atoms with E-state index in [0.717, 1.165) is 24.8 Å². The van der Waals surface area contributed by atoms with E-state index in [2.05, 4.69) is 28.2 Å². The zero-order valence-electron chi connectivity index (χ0n) is 9.76. The van der Waals surface area contributed by atoms with Crippen LogP contribution < -0.4 is 5.32 Å². The Hall–Kier alpha value is -0.0500. The van der Waals surface area contributed by atoms with Crippen molar-refractivity contribution < 1.29 is 4.79 Å². The second-order valence-corrected chi connectivity index (χ2v) is 6.20. The Morgan fingerprint density at radius 2 is 2.00 bits per heavy atom. The van der Waals surface area contributed by atoms with Crippen molar-refractivity contribution in [3.8, 4) is 0 Å². The first-order chi connectivity index (χ1) is 7.09. The second-order valence-electron chi connectivity index (χ2n) is 4.82. The van der Waals surface area contributed by atoms with Crippen LogP contribution >= 0.6 is 15.9 Å². The molecule has 0 aliphatic heterocycles. The molecule has 1 amide bonds. The van der Waals surface area contributed by atoms with Crippen LogP contribution in [-0.2, 0) is 4.79 Å². The van der Waals surface area contributed by atoms with E-state index in [0.29, 0.717) is 0 Å². The second kappa shape index (κ2) is 6.51. The molecule has 1 atom stereocenters. The van der Waals surface area contributed by atoms with Gasteiger partial charge in [-0.25, -0.2) is 0 Å². The number of carbonyl (C=O) groups excluding carboxylic acids is 1. The highest BCUT2D eigenvalue weighted by Crippen LogP contribution is 2.29. The first kappa shape index (κ1) is 13.0. The summed E-state index contributed by atoms with van der Waals surface area (Å²) in [5.74, 6) is 1.87. The molecule has 1 N–H and O–H groups in total. The molecule has 1 aliphatic rings. The van der Waals surface area contributed by atoms with Crippen LogP contribution in [0.5, 0.6) is 0 Å². The minimum Gasteiger partial charge on any atom is -0.355 e. The Bertz CT molecular complexity index is 198. The molecular weight excluding hydrogens is 254 g/mol. The van der Waals surface area contributed by atoms with Crippen LogP contribution in [0.2, 0.25) is 0 Å². The predicted molar refractivity (Wildman–Crippen MR) is 67.1 cm³/mol. The third-order valence-corrected chi connectivity index (χ3v) is 3.76. The average Bonchev–Trinajstić information content (AvgIpc) is 2.20. The van der Waals surface area contributed by atoms with Crippen molar-refractivity contribution in [1.29, 1.82) is 0 Å². The smallest absolute Gasteiger partial charge is 0.233 e. The molecule has 3 heteroatoms. The van der Waals surface area contributed by atoms with Crippen LogP contribution in [-0.4, -0.2) is 17.3 Å². The van der Waals surface area contributed by atoms with Gasteiger partial charge in [0.1, 0.15) is 0 Å². The summed E-state index contributed by atoms with van der Waals surface area (Å²) in [6.07, 6.45) is 6.58. The Balaban J connectivity index is 2.08. The summed E-state index contributed by atoms with van der Waals surface area (Å²) in [7, 11) is 0. The first-order valence-corrected chi connectivity index (χ1v) is 6.93. The number of hydrogen-bond acceptors (Lipinski definition) is 1. The fourth-order valence-electron chi connectivity index (χ4n) is 2.16. The molecule has 15 heavy (non-hydrogen) atoms. The Kier molecular flexibility index (Phi) is 5.65. The van der Waals surface area contributed by atoms with Gasteiger partial charge in [0.15, 0.2) is 0 Å². The molecular formula is C12H22BrNO. The molecule has 2 nitrogen and oxygen atoms in total. The molecule has 0 heterocycles. The van der Waals surface area contributed by atoms with Crippen molar-refractivity contribution in [2.45, 2.75) is 50.8 Å². The van der Waals surface area contributed by atoms with Gasteiger partial charge in [-0.3, -0.25) is 4.79 Å². The summed E-state index contributed by atoms with van der Waals surface area (Å²) in [6, 6.07) is 0. The van der Waals surface area contributed by atoms with E-state index in [-0.39, 0.29) is 10.7 Å². The molecule has 1 saturated carbocycles. The van der Waals surface area contributed by atoms with E-state index in [4.69, 9.17) is 0 Å². The lowest BCUT2D eigenvalue weighted by Crippen LogP contribution is -2.31. The molecule has 1 rings (SSSR count). The van der Waals surface area contributed by atoms with Crippen LogP contribution in [0.15, 0.2) is 0 Å². The quantitative estimate of drug-likeness (QED) is 0.785. The Morgan fingerprint density at radius 1 is 1.40 bits per heavy atom. The van der Waals surface area contributed by atoms with Crippen LogP contribution in [0.1, 0.15) is 46.0 Å². The van der Waals surface area contributed by atoms with Crippen molar-refractivity contribution in [1.82, 2.24) is 5.32 Å². The Labute approximate surface area is 101 Å². The molecule has 0 radical (unpaired) electrons. The zero-order chi connectivity index (χ0) is 11.3. The number of halogens is 1. The van der Waals surface area contributed by atoms with Gasteiger partial charge in [0.05, 0.1) is 4.83 Å². The largest absolute Gasteiger partial charge is 0.355 e. The Morgan fingerprint density at radius 3 is 2.53 bits per heavy atom. The van der Waals surface area contributed by atoms with Crippen LogP contribution in [0.3, 0.4) is 0 Å². The maximum Gasteiger partial charge on any atom is 0.233 e. The number of amides is 1.